The number of H-pyrrole nitrogens is 1. The van der Waals surface area contributed by atoms with Crippen LogP contribution in [-0.4, -0.2) is 19.3 Å². The number of rotatable bonds is 2. The molecule has 0 aliphatic rings. The van der Waals surface area contributed by atoms with Crippen LogP contribution in [0.5, 0.6) is 0 Å². The number of nitrogens with zero attached hydrogens (tertiary/aromatic N) is 3. The van der Waals surface area contributed by atoms with Gasteiger partial charge in [-0.05, 0) is 24.6 Å². The van der Waals surface area contributed by atoms with Gasteiger partial charge in [0, 0.05) is 24.5 Å². The van der Waals surface area contributed by atoms with Crippen molar-refractivity contribution >= 4 is 5.82 Å². The van der Waals surface area contributed by atoms with Gasteiger partial charge in [0.15, 0.2) is 0 Å². The predicted octanol–water partition coefficient (Wildman–Crippen LogP) is 1.46. The lowest BCUT2D eigenvalue weighted by Crippen LogP contribution is -2.21. The Balaban J connectivity index is 2.18. The summed E-state index contributed by atoms with van der Waals surface area (Å²) < 4.78 is 3.23. The molecule has 0 fully saturated rings. The number of anilines is 1. The molecule has 2 heterocycles. The SMILES string of the molecule is Cc1cn(C)c(=O)n1-c1cccc(-c2cn[nH]c2N)c1. The summed E-state index contributed by atoms with van der Waals surface area (Å²) >= 11 is 0. The van der Waals surface area contributed by atoms with E-state index in [0.717, 1.165) is 22.5 Å². The highest BCUT2D eigenvalue weighted by atomic mass is 16.1. The second-order valence-electron chi connectivity index (χ2n) is 4.75. The first kappa shape index (κ1) is 12.3. The van der Waals surface area contributed by atoms with Crippen molar-refractivity contribution in [3.63, 3.8) is 0 Å². The van der Waals surface area contributed by atoms with E-state index in [-0.39, 0.29) is 5.69 Å². The van der Waals surface area contributed by atoms with Crippen molar-refractivity contribution in [2.75, 3.05) is 5.73 Å². The van der Waals surface area contributed by atoms with E-state index in [9.17, 15) is 4.79 Å². The Bertz CT molecular complexity index is 824. The van der Waals surface area contributed by atoms with Crippen LogP contribution in [0.15, 0.2) is 41.5 Å². The van der Waals surface area contributed by atoms with Crippen LogP contribution >= 0.6 is 0 Å². The van der Waals surface area contributed by atoms with Gasteiger partial charge in [0.2, 0.25) is 0 Å². The van der Waals surface area contributed by atoms with E-state index >= 15 is 0 Å². The van der Waals surface area contributed by atoms with Crippen LogP contribution in [0.3, 0.4) is 0 Å². The minimum absolute atomic E-state index is 0.0696. The zero-order chi connectivity index (χ0) is 14.3. The number of aromatic nitrogens is 4. The summed E-state index contributed by atoms with van der Waals surface area (Å²) in [5, 5.41) is 6.63. The van der Waals surface area contributed by atoms with E-state index < -0.39 is 0 Å². The first-order valence-corrected chi connectivity index (χ1v) is 6.22. The van der Waals surface area contributed by atoms with E-state index in [1.54, 1.807) is 28.6 Å². The van der Waals surface area contributed by atoms with Crippen LogP contribution in [-0.2, 0) is 7.05 Å². The number of aromatic amines is 1. The number of nitrogens with two attached hydrogens (primary N) is 1. The summed E-state index contributed by atoms with van der Waals surface area (Å²) in [7, 11) is 1.74. The molecule has 0 bridgehead atoms. The molecule has 3 aromatic rings. The number of hydrogen-bond donors (Lipinski definition) is 2. The third kappa shape index (κ3) is 1.82. The van der Waals surface area contributed by atoms with Crippen molar-refractivity contribution in [1.82, 2.24) is 19.3 Å². The topological polar surface area (TPSA) is 81.6 Å². The fourth-order valence-corrected chi connectivity index (χ4v) is 2.35. The van der Waals surface area contributed by atoms with E-state index in [0.29, 0.717) is 5.82 Å². The summed E-state index contributed by atoms with van der Waals surface area (Å²) in [6.45, 7) is 1.90. The van der Waals surface area contributed by atoms with Crippen LogP contribution < -0.4 is 11.4 Å². The Kier molecular flexibility index (Phi) is 2.71. The molecule has 2 aromatic heterocycles. The second-order valence-corrected chi connectivity index (χ2v) is 4.75. The maximum atomic E-state index is 12.1. The standard InChI is InChI=1S/C14H15N5O/c1-9-8-18(2)14(20)19(9)11-5-3-4-10(6-11)12-7-16-17-13(12)15/h3-8H,1-2H3,(H3,15,16,17). The molecule has 0 aliphatic heterocycles. The quantitative estimate of drug-likeness (QED) is 0.739. The molecule has 0 saturated heterocycles. The molecule has 0 saturated carbocycles. The molecule has 3 rings (SSSR count). The molecule has 6 heteroatoms. The van der Waals surface area contributed by atoms with Crippen molar-refractivity contribution < 1.29 is 0 Å². The normalized spacial score (nSPS) is 10.9. The van der Waals surface area contributed by atoms with Gasteiger partial charge >= 0.3 is 5.69 Å². The predicted molar refractivity (Wildman–Crippen MR) is 77.7 cm³/mol. The van der Waals surface area contributed by atoms with Gasteiger partial charge in [-0.15, -0.1) is 0 Å². The van der Waals surface area contributed by atoms with Gasteiger partial charge in [0.05, 0.1) is 11.9 Å². The summed E-state index contributed by atoms with van der Waals surface area (Å²) in [5.41, 5.74) is 9.21. The largest absolute Gasteiger partial charge is 0.384 e. The van der Waals surface area contributed by atoms with Gasteiger partial charge < -0.3 is 10.3 Å². The van der Waals surface area contributed by atoms with Gasteiger partial charge in [-0.25, -0.2) is 4.79 Å². The van der Waals surface area contributed by atoms with Crippen molar-refractivity contribution in [2.24, 2.45) is 7.05 Å². The zero-order valence-corrected chi connectivity index (χ0v) is 11.3. The molecular formula is C14H15N5O. The third-order valence-corrected chi connectivity index (χ3v) is 3.31. The van der Waals surface area contributed by atoms with Gasteiger partial charge in [-0.1, -0.05) is 12.1 Å². The fraction of sp³-hybridized carbons (Fsp3) is 0.143. The maximum Gasteiger partial charge on any atom is 0.332 e. The average molecular weight is 269 g/mol. The molecule has 3 N–H and O–H groups in total. The van der Waals surface area contributed by atoms with Gasteiger partial charge in [-0.2, -0.15) is 5.10 Å². The molecule has 20 heavy (non-hydrogen) atoms. The van der Waals surface area contributed by atoms with E-state index in [2.05, 4.69) is 10.2 Å². The van der Waals surface area contributed by atoms with Crippen LogP contribution in [0.2, 0.25) is 0 Å². The maximum absolute atomic E-state index is 12.1. The molecule has 0 aliphatic carbocycles. The molecule has 0 unspecified atom stereocenters. The monoisotopic (exact) mass is 269 g/mol. The number of hydrogen-bond acceptors (Lipinski definition) is 3. The van der Waals surface area contributed by atoms with Crippen LogP contribution in [0, 0.1) is 6.92 Å². The highest BCUT2D eigenvalue weighted by Gasteiger charge is 2.10. The minimum Gasteiger partial charge on any atom is -0.384 e. The first-order chi connectivity index (χ1) is 9.58. The minimum atomic E-state index is -0.0696. The lowest BCUT2D eigenvalue weighted by atomic mass is 10.1. The Morgan fingerprint density at radius 3 is 2.75 bits per heavy atom. The molecule has 0 spiro atoms. The van der Waals surface area contributed by atoms with E-state index in [1.165, 1.54) is 0 Å². The summed E-state index contributed by atoms with van der Waals surface area (Å²) in [5.74, 6) is 0.513. The fourth-order valence-electron chi connectivity index (χ4n) is 2.35. The van der Waals surface area contributed by atoms with Crippen LogP contribution in [0.4, 0.5) is 5.82 Å². The number of nitrogen functional groups attached to an aromatic ring is 1. The van der Waals surface area contributed by atoms with E-state index in [4.69, 9.17) is 5.73 Å². The molecule has 1 aromatic carbocycles. The Hall–Kier alpha value is -2.76. The Morgan fingerprint density at radius 1 is 1.35 bits per heavy atom. The summed E-state index contributed by atoms with van der Waals surface area (Å²) in [4.78, 5) is 12.1. The Labute approximate surface area is 115 Å². The van der Waals surface area contributed by atoms with Gasteiger partial charge in [0.25, 0.3) is 0 Å². The molecule has 102 valence electrons. The smallest absolute Gasteiger partial charge is 0.332 e. The molecular weight excluding hydrogens is 254 g/mol. The molecule has 6 nitrogen and oxygen atoms in total. The first-order valence-electron chi connectivity index (χ1n) is 6.22. The van der Waals surface area contributed by atoms with Crippen molar-refractivity contribution in [3.8, 4) is 16.8 Å². The Morgan fingerprint density at radius 2 is 2.15 bits per heavy atom. The molecule has 0 atom stereocenters. The van der Waals surface area contributed by atoms with Crippen LogP contribution in [0.25, 0.3) is 16.8 Å². The van der Waals surface area contributed by atoms with Crippen molar-refractivity contribution in [1.29, 1.82) is 0 Å². The average Bonchev–Trinajstić information content (AvgIpc) is 2.95. The lowest BCUT2D eigenvalue weighted by molar-refractivity contribution is 0.821. The van der Waals surface area contributed by atoms with Gasteiger partial charge in [0.1, 0.15) is 5.82 Å². The number of benzene rings is 1. The van der Waals surface area contributed by atoms with Crippen LogP contribution in [0.1, 0.15) is 5.69 Å². The highest BCUT2D eigenvalue weighted by molar-refractivity contribution is 5.74. The summed E-state index contributed by atoms with van der Waals surface area (Å²) in [6.07, 6.45) is 3.48. The lowest BCUT2D eigenvalue weighted by Gasteiger charge is -2.06. The number of nitrogens with one attached hydrogen (secondary N) is 1. The zero-order valence-electron chi connectivity index (χ0n) is 11.3. The third-order valence-electron chi connectivity index (χ3n) is 3.31. The van der Waals surface area contributed by atoms with E-state index in [1.807, 2.05) is 31.2 Å². The second kappa shape index (κ2) is 4.41. The van der Waals surface area contributed by atoms with Crippen molar-refractivity contribution in [2.45, 2.75) is 6.92 Å². The summed E-state index contributed by atoms with van der Waals surface area (Å²) in [6, 6.07) is 7.66. The number of imidazole rings is 1. The van der Waals surface area contributed by atoms with Crippen molar-refractivity contribution in [3.05, 3.63) is 52.8 Å². The molecule has 0 radical (unpaired) electrons. The molecule has 0 amide bonds. The van der Waals surface area contributed by atoms with Gasteiger partial charge in [-0.3, -0.25) is 9.67 Å². The number of aryl methyl sites for hydroxylation is 2. The highest BCUT2D eigenvalue weighted by Crippen LogP contribution is 2.25.